The Morgan fingerprint density at radius 2 is 1.59 bits per heavy atom. The second-order valence-electron chi connectivity index (χ2n) is 6.39. The average Bonchev–Trinajstić information content (AvgIpc) is 2.44. The predicted octanol–water partition coefficient (Wildman–Crippen LogP) is 3.05. The van der Waals surface area contributed by atoms with Gasteiger partial charge in [-0.05, 0) is 33.8 Å². The van der Waals surface area contributed by atoms with Gasteiger partial charge in [-0.3, -0.25) is 4.79 Å². The molecule has 17 heavy (non-hydrogen) atoms. The van der Waals surface area contributed by atoms with E-state index in [9.17, 15) is 4.79 Å². The van der Waals surface area contributed by atoms with Crippen LogP contribution in [-0.2, 0) is 14.3 Å². The zero-order valence-corrected chi connectivity index (χ0v) is 11.8. The Morgan fingerprint density at radius 1 is 1.06 bits per heavy atom. The van der Waals surface area contributed by atoms with E-state index in [2.05, 4.69) is 13.8 Å². The van der Waals surface area contributed by atoms with Gasteiger partial charge in [0.1, 0.15) is 5.41 Å². The van der Waals surface area contributed by atoms with E-state index in [0.717, 1.165) is 0 Å². The molecule has 2 heterocycles. The average molecular weight is 238 g/mol. The van der Waals surface area contributed by atoms with Crippen LogP contribution in [0.2, 0.25) is 0 Å². The smallest absolute Gasteiger partial charge is 0.221 e. The van der Waals surface area contributed by atoms with Crippen molar-refractivity contribution in [1.29, 1.82) is 0 Å². The Morgan fingerprint density at radius 3 is 2.00 bits per heavy atom. The van der Waals surface area contributed by atoms with Crippen molar-refractivity contribution in [3.8, 4) is 0 Å². The number of hydrogen-bond donors (Lipinski definition) is 0. The lowest BCUT2D eigenvalue weighted by atomic mass is 9.57. The highest BCUT2D eigenvalue weighted by molar-refractivity contribution is 6.01. The normalized spacial score (nSPS) is 44.9. The number of allylic oxidation sites excluding steroid dienone is 2. The summed E-state index contributed by atoms with van der Waals surface area (Å²) in [6.07, 6.45) is 1.73. The molecule has 2 saturated heterocycles. The van der Waals surface area contributed by atoms with Crippen LogP contribution in [0.4, 0.5) is 0 Å². The van der Waals surface area contributed by atoms with Crippen molar-refractivity contribution in [2.24, 2.45) is 10.8 Å². The molecule has 0 aromatic carbocycles. The van der Waals surface area contributed by atoms with Gasteiger partial charge in [0.25, 0.3) is 0 Å². The third kappa shape index (κ3) is 1.09. The maximum Gasteiger partial charge on any atom is 0.221 e. The van der Waals surface area contributed by atoms with Gasteiger partial charge in [-0.25, -0.2) is 0 Å². The summed E-state index contributed by atoms with van der Waals surface area (Å²) in [6.45, 7) is 13.9. The SMILES string of the molecule is CC=C1OC2(C)OC(C)(C)C(C)(C)C2(C)C1=O. The van der Waals surface area contributed by atoms with Gasteiger partial charge >= 0.3 is 0 Å². The highest BCUT2D eigenvalue weighted by Crippen LogP contribution is 2.67. The van der Waals surface area contributed by atoms with Crippen LogP contribution in [0.3, 0.4) is 0 Å². The molecular weight excluding hydrogens is 216 g/mol. The molecule has 0 spiro atoms. The van der Waals surface area contributed by atoms with E-state index < -0.39 is 16.8 Å². The Hall–Kier alpha value is -0.830. The predicted molar refractivity (Wildman–Crippen MR) is 65.3 cm³/mol. The molecule has 3 nitrogen and oxygen atoms in total. The minimum atomic E-state index is -0.862. The summed E-state index contributed by atoms with van der Waals surface area (Å²) in [4.78, 5) is 12.6. The molecule has 2 rings (SSSR count). The van der Waals surface area contributed by atoms with Crippen LogP contribution in [0.1, 0.15) is 48.5 Å². The fourth-order valence-electron chi connectivity index (χ4n) is 3.19. The molecule has 0 aliphatic carbocycles. The van der Waals surface area contributed by atoms with Crippen LogP contribution in [-0.4, -0.2) is 17.2 Å². The van der Waals surface area contributed by atoms with Crippen LogP contribution in [0.15, 0.2) is 11.8 Å². The second kappa shape index (κ2) is 2.94. The molecular formula is C14H22O3. The molecule has 2 fully saturated rings. The van der Waals surface area contributed by atoms with Gasteiger partial charge < -0.3 is 9.47 Å². The molecule has 0 radical (unpaired) electrons. The van der Waals surface area contributed by atoms with Crippen LogP contribution < -0.4 is 0 Å². The summed E-state index contributed by atoms with van der Waals surface area (Å²) < 4.78 is 11.9. The van der Waals surface area contributed by atoms with E-state index in [0.29, 0.717) is 5.76 Å². The summed E-state index contributed by atoms with van der Waals surface area (Å²) >= 11 is 0. The summed E-state index contributed by atoms with van der Waals surface area (Å²) in [5.74, 6) is -0.379. The van der Waals surface area contributed by atoms with E-state index in [-0.39, 0.29) is 11.2 Å². The van der Waals surface area contributed by atoms with Crippen molar-refractivity contribution < 1.29 is 14.3 Å². The summed E-state index contributed by atoms with van der Waals surface area (Å²) in [5.41, 5.74) is -1.34. The van der Waals surface area contributed by atoms with E-state index in [4.69, 9.17) is 9.47 Å². The van der Waals surface area contributed by atoms with Gasteiger partial charge in [0.05, 0.1) is 5.60 Å². The quantitative estimate of drug-likeness (QED) is 0.608. The Balaban J connectivity index is 2.66. The molecule has 2 atom stereocenters. The van der Waals surface area contributed by atoms with Crippen LogP contribution in [0.5, 0.6) is 0 Å². The monoisotopic (exact) mass is 238 g/mol. The minimum Gasteiger partial charge on any atom is -0.458 e. The lowest BCUT2D eigenvalue weighted by Gasteiger charge is -2.40. The fourth-order valence-corrected chi connectivity index (χ4v) is 3.19. The number of hydrogen-bond acceptors (Lipinski definition) is 3. The summed E-state index contributed by atoms with van der Waals surface area (Å²) in [5, 5.41) is 0. The molecule has 2 aliphatic rings. The number of Topliss-reactive ketones (excluding diaryl/α,β-unsaturated/α-hetero) is 1. The standard InChI is InChI=1S/C14H22O3/c1-8-9-10(15)13(6)11(2,3)12(4,5)17-14(13,7)16-9/h8H,1-7H3. The van der Waals surface area contributed by atoms with Gasteiger partial charge in [-0.1, -0.05) is 13.8 Å². The number of ketones is 1. The number of ether oxygens (including phenoxy) is 2. The first-order chi connectivity index (χ1) is 7.53. The van der Waals surface area contributed by atoms with Crippen LogP contribution in [0, 0.1) is 10.8 Å². The van der Waals surface area contributed by atoms with Gasteiger partial charge in [-0.15, -0.1) is 0 Å². The first kappa shape index (κ1) is 12.6. The van der Waals surface area contributed by atoms with Crippen LogP contribution >= 0.6 is 0 Å². The van der Waals surface area contributed by atoms with Gasteiger partial charge in [0.15, 0.2) is 5.76 Å². The van der Waals surface area contributed by atoms with Crippen molar-refractivity contribution in [2.75, 3.05) is 0 Å². The molecule has 96 valence electrons. The largest absolute Gasteiger partial charge is 0.458 e. The van der Waals surface area contributed by atoms with Crippen molar-refractivity contribution in [3.05, 3.63) is 11.8 Å². The fraction of sp³-hybridized carbons (Fsp3) is 0.786. The molecule has 0 aromatic heterocycles. The number of fused-ring (bicyclic) bond motifs is 1. The number of rotatable bonds is 0. The summed E-state index contributed by atoms with van der Waals surface area (Å²) in [6, 6.07) is 0. The van der Waals surface area contributed by atoms with Gasteiger partial charge in [0, 0.05) is 12.3 Å². The second-order valence-corrected chi connectivity index (χ2v) is 6.39. The van der Waals surface area contributed by atoms with Crippen molar-refractivity contribution in [3.63, 3.8) is 0 Å². The third-order valence-electron chi connectivity index (χ3n) is 5.36. The van der Waals surface area contributed by atoms with Crippen molar-refractivity contribution in [2.45, 2.75) is 59.9 Å². The van der Waals surface area contributed by atoms with Gasteiger partial charge in [0.2, 0.25) is 11.6 Å². The van der Waals surface area contributed by atoms with E-state index in [1.165, 1.54) is 0 Å². The van der Waals surface area contributed by atoms with Crippen LogP contribution in [0.25, 0.3) is 0 Å². The zero-order chi connectivity index (χ0) is 13.3. The summed E-state index contributed by atoms with van der Waals surface area (Å²) in [7, 11) is 0. The molecule has 2 unspecified atom stereocenters. The van der Waals surface area contributed by atoms with Crippen molar-refractivity contribution in [1.82, 2.24) is 0 Å². The molecule has 3 heteroatoms. The lowest BCUT2D eigenvalue weighted by Crippen LogP contribution is -2.50. The van der Waals surface area contributed by atoms with E-state index >= 15 is 0 Å². The van der Waals surface area contributed by atoms with Crippen molar-refractivity contribution >= 4 is 5.78 Å². The number of carbonyl (C=O) groups excluding carboxylic acids is 1. The molecule has 0 saturated carbocycles. The molecule has 0 amide bonds. The molecule has 2 aliphatic heterocycles. The Labute approximate surface area is 103 Å². The van der Waals surface area contributed by atoms with E-state index in [1.807, 2.05) is 34.6 Å². The lowest BCUT2D eigenvalue weighted by molar-refractivity contribution is -0.222. The van der Waals surface area contributed by atoms with E-state index in [1.54, 1.807) is 6.08 Å². The topological polar surface area (TPSA) is 35.5 Å². The first-order valence-corrected chi connectivity index (χ1v) is 6.14. The first-order valence-electron chi connectivity index (χ1n) is 6.14. The number of carbonyl (C=O) groups is 1. The Kier molecular flexibility index (Phi) is 2.19. The minimum absolute atomic E-state index is 0.0538. The Bertz CT molecular complexity index is 419. The highest BCUT2D eigenvalue weighted by atomic mass is 16.7. The molecule has 0 aromatic rings. The maximum absolute atomic E-state index is 12.6. The maximum atomic E-state index is 12.6. The third-order valence-corrected chi connectivity index (χ3v) is 5.36. The highest BCUT2D eigenvalue weighted by Gasteiger charge is 2.77. The van der Waals surface area contributed by atoms with Gasteiger partial charge in [-0.2, -0.15) is 0 Å². The molecule has 0 bridgehead atoms. The molecule has 0 N–H and O–H groups in total. The zero-order valence-electron chi connectivity index (χ0n) is 11.8.